The molecule has 2 aromatic rings. The predicted molar refractivity (Wildman–Crippen MR) is 128 cm³/mol. The van der Waals surface area contributed by atoms with Gasteiger partial charge >= 0.3 is 5.97 Å². The Bertz CT molecular complexity index is 1070. The van der Waals surface area contributed by atoms with Crippen LogP contribution in [-0.2, 0) is 9.53 Å². The molecule has 1 unspecified atom stereocenters. The van der Waals surface area contributed by atoms with Gasteiger partial charge in [0.25, 0.3) is 0 Å². The molecule has 7 nitrogen and oxygen atoms in total. The van der Waals surface area contributed by atoms with E-state index in [4.69, 9.17) is 31.2 Å². The molecule has 8 heteroatoms. The quantitative estimate of drug-likeness (QED) is 0.489. The summed E-state index contributed by atoms with van der Waals surface area (Å²) in [4.78, 5) is 15.0. The number of benzene rings is 2. The second-order valence-corrected chi connectivity index (χ2v) is 7.61. The van der Waals surface area contributed by atoms with Crippen molar-refractivity contribution in [3.05, 3.63) is 58.8 Å². The molecule has 0 saturated heterocycles. The zero-order chi connectivity index (χ0) is 23.4. The monoisotopic (exact) mass is 456 g/mol. The van der Waals surface area contributed by atoms with Crippen LogP contribution in [0.15, 0.2) is 47.7 Å². The van der Waals surface area contributed by atoms with Gasteiger partial charge in [0.15, 0.2) is 16.6 Å². The molecular formula is C24H28N2O5S. The van der Waals surface area contributed by atoms with Crippen molar-refractivity contribution < 1.29 is 23.7 Å². The summed E-state index contributed by atoms with van der Waals surface area (Å²) in [6, 6.07) is 10.8. The number of ether oxygens (including phenoxy) is 4. The number of esters is 1. The van der Waals surface area contributed by atoms with Gasteiger partial charge in [0.2, 0.25) is 0 Å². The lowest BCUT2D eigenvalue weighted by Crippen LogP contribution is -2.48. The molecule has 0 spiro atoms. The van der Waals surface area contributed by atoms with Gasteiger partial charge in [-0.05, 0) is 56.8 Å². The number of anilines is 1. The highest BCUT2D eigenvalue weighted by atomic mass is 32.1. The Balaban J connectivity index is 2.22. The van der Waals surface area contributed by atoms with E-state index in [0.717, 1.165) is 11.3 Å². The van der Waals surface area contributed by atoms with Gasteiger partial charge in [0.05, 0.1) is 39.6 Å². The van der Waals surface area contributed by atoms with Crippen LogP contribution in [0.2, 0.25) is 0 Å². The van der Waals surface area contributed by atoms with Crippen LogP contribution >= 0.6 is 12.2 Å². The number of nitrogens with one attached hydrogen (secondary N) is 1. The normalized spacial score (nSPS) is 15.9. The zero-order valence-electron chi connectivity index (χ0n) is 19.1. The Labute approximate surface area is 193 Å². The van der Waals surface area contributed by atoms with Crippen molar-refractivity contribution >= 4 is 29.0 Å². The second kappa shape index (κ2) is 9.91. The molecule has 1 heterocycles. The van der Waals surface area contributed by atoms with E-state index in [1.165, 1.54) is 0 Å². The number of aryl methyl sites for hydroxylation is 1. The van der Waals surface area contributed by atoms with Crippen LogP contribution in [0.25, 0.3) is 0 Å². The molecular weight excluding hydrogens is 428 g/mol. The van der Waals surface area contributed by atoms with Crippen molar-refractivity contribution in [2.45, 2.75) is 26.8 Å². The number of nitrogens with zero attached hydrogens (tertiary/aromatic N) is 1. The van der Waals surface area contributed by atoms with Crippen molar-refractivity contribution in [1.29, 1.82) is 0 Å². The lowest BCUT2D eigenvalue weighted by atomic mass is 9.93. The highest BCUT2D eigenvalue weighted by molar-refractivity contribution is 7.80. The number of carbonyl (C=O) groups excluding carboxylic acids is 1. The molecule has 1 atom stereocenters. The second-order valence-electron chi connectivity index (χ2n) is 7.23. The minimum Gasteiger partial charge on any atom is -0.496 e. The van der Waals surface area contributed by atoms with E-state index < -0.39 is 12.0 Å². The molecule has 0 saturated carbocycles. The molecule has 1 N–H and O–H groups in total. The van der Waals surface area contributed by atoms with Gasteiger partial charge in [0.1, 0.15) is 5.75 Å². The molecule has 0 aromatic heterocycles. The summed E-state index contributed by atoms with van der Waals surface area (Å²) >= 11 is 5.73. The van der Waals surface area contributed by atoms with E-state index in [9.17, 15) is 4.79 Å². The number of hydrogen-bond acceptors (Lipinski definition) is 6. The van der Waals surface area contributed by atoms with Gasteiger partial charge in [0, 0.05) is 23.0 Å². The maximum atomic E-state index is 13.1. The standard InChI is InChI=1S/C24H28N2O5S/c1-7-31-23(27)21-15(3)26(16-10-8-9-14(2)11-16)24(32)25-22(21)17-12-19(29-5)20(30-6)13-18(17)28-4/h8-13,22H,7H2,1-6H3,(H,25,32). The molecule has 170 valence electrons. The van der Waals surface area contributed by atoms with E-state index in [-0.39, 0.29) is 6.61 Å². The Morgan fingerprint density at radius 2 is 1.69 bits per heavy atom. The summed E-state index contributed by atoms with van der Waals surface area (Å²) in [6.45, 7) is 5.90. The maximum absolute atomic E-state index is 13.1. The topological polar surface area (TPSA) is 69.3 Å². The highest BCUT2D eigenvalue weighted by Gasteiger charge is 2.37. The summed E-state index contributed by atoms with van der Waals surface area (Å²) in [5, 5.41) is 3.77. The van der Waals surface area contributed by atoms with Crippen LogP contribution in [-0.4, -0.2) is 39.0 Å². The fourth-order valence-electron chi connectivity index (χ4n) is 3.81. The van der Waals surface area contributed by atoms with Gasteiger partial charge in [-0.1, -0.05) is 12.1 Å². The third-order valence-electron chi connectivity index (χ3n) is 5.29. The van der Waals surface area contributed by atoms with E-state index in [2.05, 4.69) is 5.32 Å². The summed E-state index contributed by atoms with van der Waals surface area (Å²) in [7, 11) is 4.67. The third kappa shape index (κ3) is 4.36. The van der Waals surface area contributed by atoms with Crippen molar-refractivity contribution in [3.8, 4) is 17.2 Å². The maximum Gasteiger partial charge on any atom is 0.338 e. The first-order valence-electron chi connectivity index (χ1n) is 10.2. The van der Waals surface area contributed by atoms with E-state index >= 15 is 0 Å². The Hall–Kier alpha value is -3.26. The number of rotatable bonds is 7. The van der Waals surface area contributed by atoms with Gasteiger partial charge in [-0.25, -0.2) is 4.79 Å². The number of carbonyl (C=O) groups is 1. The van der Waals surface area contributed by atoms with E-state index in [0.29, 0.717) is 39.2 Å². The van der Waals surface area contributed by atoms with Crippen LogP contribution in [0.5, 0.6) is 17.2 Å². The fraction of sp³-hybridized carbons (Fsp3) is 0.333. The summed E-state index contributed by atoms with van der Waals surface area (Å²) in [6.07, 6.45) is 0. The van der Waals surface area contributed by atoms with Crippen LogP contribution in [0.4, 0.5) is 5.69 Å². The highest BCUT2D eigenvalue weighted by Crippen LogP contribution is 2.42. The van der Waals surface area contributed by atoms with E-state index in [1.54, 1.807) is 40.4 Å². The summed E-state index contributed by atoms with van der Waals surface area (Å²) in [5.74, 6) is 1.13. The lowest BCUT2D eigenvalue weighted by molar-refractivity contribution is -0.139. The average Bonchev–Trinajstić information content (AvgIpc) is 2.77. The van der Waals surface area contributed by atoms with Crippen LogP contribution in [0.3, 0.4) is 0 Å². The van der Waals surface area contributed by atoms with Crippen molar-refractivity contribution in [2.75, 3.05) is 32.8 Å². The van der Waals surface area contributed by atoms with Gasteiger partial charge in [-0.2, -0.15) is 0 Å². The SMILES string of the molecule is CCOC(=O)C1=C(C)N(c2cccc(C)c2)C(=S)NC1c1cc(OC)c(OC)cc1OC. The zero-order valence-corrected chi connectivity index (χ0v) is 20.0. The number of allylic oxidation sites excluding steroid dienone is 1. The van der Waals surface area contributed by atoms with Gasteiger partial charge in [-0.15, -0.1) is 0 Å². The Kier molecular flexibility index (Phi) is 7.25. The molecule has 0 fully saturated rings. The first-order chi connectivity index (χ1) is 15.4. The first kappa shape index (κ1) is 23.4. The fourth-order valence-corrected chi connectivity index (χ4v) is 4.17. The largest absolute Gasteiger partial charge is 0.496 e. The van der Waals surface area contributed by atoms with E-state index in [1.807, 2.05) is 43.0 Å². The molecule has 0 radical (unpaired) electrons. The minimum atomic E-state index is -0.600. The summed E-state index contributed by atoms with van der Waals surface area (Å²) < 4.78 is 21.9. The molecule has 0 aliphatic carbocycles. The molecule has 1 aliphatic heterocycles. The Morgan fingerprint density at radius 1 is 1.03 bits per heavy atom. The van der Waals surface area contributed by atoms with Crippen LogP contribution in [0.1, 0.15) is 31.0 Å². The van der Waals surface area contributed by atoms with Crippen molar-refractivity contribution in [3.63, 3.8) is 0 Å². The summed E-state index contributed by atoms with van der Waals surface area (Å²) in [5.41, 5.74) is 3.74. The van der Waals surface area contributed by atoms with Crippen LogP contribution in [0, 0.1) is 6.92 Å². The smallest absolute Gasteiger partial charge is 0.338 e. The van der Waals surface area contributed by atoms with Crippen molar-refractivity contribution in [2.24, 2.45) is 0 Å². The van der Waals surface area contributed by atoms with Crippen molar-refractivity contribution in [1.82, 2.24) is 5.32 Å². The molecule has 3 rings (SSSR count). The van der Waals surface area contributed by atoms with Gasteiger partial charge < -0.3 is 24.3 Å². The third-order valence-corrected chi connectivity index (χ3v) is 5.59. The Morgan fingerprint density at radius 3 is 2.28 bits per heavy atom. The predicted octanol–water partition coefficient (Wildman–Crippen LogP) is 4.29. The molecule has 1 aliphatic rings. The van der Waals surface area contributed by atoms with Crippen LogP contribution < -0.4 is 24.4 Å². The first-order valence-corrected chi connectivity index (χ1v) is 10.6. The number of methoxy groups -OCH3 is 3. The average molecular weight is 457 g/mol. The molecule has 32 heavy (non-hydrogen) atoms. The minimum absolute atomic E-state index is 0.250. The molecule has 0 bridgehead atoms. The lowest BCUT2D eigenvalue weighted by Gasteiger charge is -2.38. The molecule has 0 amide bonds. The number of thiocarbonyl (C=S) groups is 1. The molecule has 2 aromatic carbocycles. The number of hydrogen-bond donors (Lipinski definition) is 1. The van der Waals surface area contributed by atoms with Gasteiger partial charge in [-0.3, -0.25) is 4.90 Å².